The molecule has 234 valence electrons. The highest BCUT2D eigenvalue weighted by Crippen LogP contribution is 2.35. The molecule has 0 spiro atoms. The maximum absolute atomic E-state index is 12.8. The highest BCUT2D eigenvalue weighted by molar-refractivity contribution is 8.00. The Morgan fingerprint density at radius 2 is 1.73 bits per heavy atom. The molecule has 0 saturated carbocycles. The molecule has 4 rings (SSSR count). The molecule has 4 aromatic rings. The second-order valence-electron chi connectivity index (χ2n) is 10.5. The van der Waals surface area contributed by atoms with Crippen LogP contribution in [0.25, 0.3) is 5.65 Å². The summed E-state index contributed by atoms with van der Waals surface area (Å²) in [5.74, 6) is -3.69. The zero-order valence-electron chi connectivity index (χ0n) is 23.7. The number of amides is 1. The number of carboxylic acid groups (broad SMARTS) is 2. The number of aromatic carboxylic acids is 2. The van der Waals surface area contributed by atoms with Crippen molar-refractivity contribution in [2.24, 2.45) is 10.2 Å². The van der Waals surface area contributed by atoms with Crippen LogP contribution in [0.15, 0.2) is 33.6 Å². The smallest absolute Gasteiger partial charge is 0.335 e. The molecule has 20 heteroatoms. The standard InChI is InChI=1S/C24H27N9O8S3/c1-11(10-25-19(34)12-7-13(20(35)36)9-14(8-12)21(37)38)17-26-18-15(16(24(2,3)4)30-33(18)31-17)28-29-22-27-23(32-43-22)42-5-6-44(39,40)41/h7-9,11H,5-6,10H2,1-4H3,(H,25,34)(H,26,31)(H,35,36)(H,37,38)(H,39,40,41)/b29-28+. The summed E-state index contributed by atoms with van der Waals surface area (Å²) in [6.07, 6.45) is 0. The summed E-state index contributed by atoms with van der Waals surface area (Å²) in [6.45, 7) is 7.68. The molecular formula is C24H27N9O8S3. The van der Waals surface area contributed by atoms with Crippen LogP contribution < -0.4 is 5.32 Å². The van der Waals surface area contributed by atoms with E-state index in [0.29, 0.717) is 22.9 Å². The molecule has 5 N–H and O–H groups in total. The molecule has 0 saturated heterocycles. The molecular weight excluding hydrogens is 639 g/mol. The van der Waals surface area contributed by atoms with E-state index in [9.17, 15) is 33.0 Å². The first-order valence-corrected chi connectivity index (χ1v) is 16.1. The molecule has 0 aliphatic rings. The van der Waals surface area contributed by atoms with E-state index in [1.54, 1.807) is 6.92 Å². The summed E-state index contributed by atoms with van der Waals surface area (Å²) in [5, 5.41) is 39.3. The van der Waals surface area contributed by atoms with Crippen LogP contribution >= 0.6 is 23.3 Å². The highest BCUT2D eigenvalue weighted by Gasteiger charge is 2.27. The zero-order valence-corrected chi connectivity index (χ0v) is 26.1. The van der Waals surface area contributed by atoms with Gasteiger partial charge >= 0.3 is 11.9 Å². The van der Waals surface area contributed by atoms with Crippen molar-refractivity contribution in [2.75, 3.05) is 18.1 Å². The first-order chi connectivity index (χ1) is 20.5. The second-order valence-corrected chi connectivity index (χ2v) is 13.9. The van der Waals surface area contributed by atoms with Crippen molar-refractivity contribution >= 4 is 67.7 Å². The van der Waals surface area contributed by atoms with Crippen LogP contribution in [0.1, 0.15) is 76.2 Å². The molecule has 0 aliphatic heterocycles. The third kappa shape index (κ3) is 8.01. The molecule has 0 fully saturated rings. The van der Waals surface area contributed by atoms with Gasteiger partial charge in [0.15, 0.2) is 11.3 Å². The first kappa shape index (κ1) is 32.6. The number of aromatic nitrogens is 6. The molecule has 0 aliphatic carbocycles. The van der Waals surface area contributed by atoms with Gasteiger partial charge in [-0.1, -0.05) is 39.5 Å². The monoisotopic (exact) mass is 665 g/mol. The van der Waals surface area contributed by atoms with Crippen molar-refractivity contribution in [1.29, 1.82) is 0 Å². The maximum Gasteiger partial charge on any atom is 0.335 e. The predicted octanol–water partition coefficient (Wildman–Crippen LogP) is 3.53. The van der Waals surface area contributed by atoms with Crippen molar-refractivity contribution in [2.45, 2.75) is 44.2 Å². The van der Waals surface area contributed by atoms with Gasteiger partial charge in [0.25, 0.3) is 16.0 Å². The summed E-state index contributed by atoms with van der Waals surface area (Å²) < 4.78 is 36.2. The molecule has 0 radical (unpaired) electrons. The van der Waals surface area contributed by atoms with Gasteiger partial charge in [-0.05, 0) is 18.2 Å². The number of hydrogen-bond donors (Lipinski definition) is 5. The Balaban J connectivity index is 1.52. The Morgan fingerprint density at radius 1 is 1.09 bits per heavy atom. The number of nitrogens with one attached hydrogen (secondary N) is 2. The van der Waals surface area contributed by atoms with Gasteiger partial charge in [0.2, 0.25) is 10.3 Å². The van der Waals surface area contributed by atoms with Gasteiger partial charge in [-0.2, -0.15) is 22.9 Å². The third-order valence-corrected chi connectivity index (χ3v) is 8.48. The van der Waals surface area contributed by atoms with Crippen molar-refractivity contribution in [3.63, 3.8) is 0 Å². The molecule has 17 nitrogen and oxygen atoms in total. The lowest BCUT2D eigenvalue weighted by Crippen LogP contribution is -2.28. The number of rotatable bonds is 12. The van der Waals surface area contributed by atoms with Gasteiger partial charge in [0.1, 0.15) is 5.82 Å². The number of carbonyl (C=O) groups excluding carboxylic acids is 1. The lowest BCUT2D eigenvalue weighted by Gasteiger charge is -2.15. The number of carbonyl (C=O) groups is 3. The quantitative estimate of drug-likeness (QED) is 0.0825. The van der Waals surface area contributed by atoms with E-state index < -0.39 is 39.1 Å². The fraction of sp³-hybridized carbons (Fsp3) is 0.375. The lowest BCUT2D eigenvalue weighted by molar-refractivity contribution is 0.0696. The number of nitrogens with zero attached hydrogens (tertiary/aromatic N) is 7. The van der Waals surface area contributed by atoms with Crippen LogP contribution in [0, 0.1) is 0 Å². The fourth-order valence-corrected chi connectivity index (χ4v) is 6.03. The van der Waals surface area contributed by atoms with Crippen LogP contribution in [0.4, 0.5) is 10.8 Å². The molecule has 44 heavy (non-hydrogen) atoms. The molecule has 1 aromatic carbocycles. The average molecular weight is 666 g/mol. The fourth-order valence-electron chi connectivity index (χ4n) is 3.73. The van der Waals surface area contributed by atoms with E-state index in [-0.39, 0.29) is 45.2 Å². The minimum absolute atomic E-state index is 0.0675. The number of fused-ring (bicyclic) bond motifs is 1. The molecule has 3 aromatic heterocycles. The van der Waals surface area contributed by atoms with Crippen molar-refractivity contribution in [1.82, 2.24) is 34.5 Å². The van der Waals surface area contributed by atoms with E-state index in [1.807, 2.05) is 20.8 Å². The van der Waals surface area contributed by atoms with Crippen LogP contribution in [0.2, 0.25) is 0 Å². The van der Waals surface area contributed by atoms with Gasteiger partial charge in [0.05, 0.1) is 22.6 Å². The zero-order chi connectivity index (χ0) is 32.4. The van der Waals surface area contributed by atoms with Crippen LogP contribution in [-0.2, 0) is 15.5 Å². The van der Waals surface area contributed by atoms with E-state index in [0.717, 1.165) is 41.5 Å². The summed E-state index contributed by atoms with van der Waals surface area (Å²) in [7, 11) is -4.09. The van der Waals surface area contributed by atoms with Crippen LogP contribution in [-0.4, -0.2) is 88.2 Å². The maximum atomic E-state index is 12.8. The average Bonchev–Trinajstić information content (AvgIpc) is 3.64. The van der Waals surface area contributed by atoms with E-state index in [2.05, 4.69) is 40.1 Å². The lowest BCUT2D eigenvalue weighted by atomic mass is 9.91. The SMILES string of the molecule is CC(CNC(=O)c1cc(C(=O)O)cc(C(=O)O)c1)c1nn2nc(C(C)(C)C)c(/N=N/c3nc(SCCS(=O)(=O)O)ns3)c2[nH]1. The normalized spacial score (nSPS) is 13.0. The minimum atomic E-state index is -4.09. The van der Waals surface area contributed by atoms with Crippen molar-refractivity contribution < 1.29 is 37.6 Å². The summed E-state index contributed by atoms with van der Waals surface area (Å²) in [5.41, 5.74) is 0.208. The highest BCUT2D eigenvalue weighted by atomic mass is 32.2. The molecule has 1 amide bonds. The number of benzene rings is 1. The Bertz CT molecular complexity index is 1840. The van der Waals surface area contributed by atoms with Crippen molar-refractivity contribution in [3.8, 4) is 0 Å². The van der Waals surface area contributed by atoms with Gasteiger partial charge in [-0.25, -0.2) is 9.59 Å². The van der Waals surface area contributed by atoms with E-state index >= 15 is 0 Å². The van der Waals surface area contributed by atoms with Gasteiger partial charge in [-0.15, -0.1) is 20.0 Å². The number of H-pyrrole nitrogens is 1. The molecule has 1 unspecified atom stereocenters. The Kier molecular flexibility index (Phi) is 9.47. The number of aromatic amines is 1. The Morgan fingerprint density at radius 3 is 2.32 bits per heavy atom. The molecule has 1 atom stereocenters. The second kappa shape index (κ2) is 12.8. The number of hydrogen-bond acceptors (Lipinski definition) is 13. The summed E-state index contributed by atoms with van der Waals surface area (Å²) >= 11 is 2.01. The predicted molar refractivity (Wildman–Crippen MR) is 158 cm³/mol. The largest absolute Gasteiger partial charge is 0.478 e. The summed E-state index contributed by atoms with van der Waals surface area (Å²) in [6, 6.07) is 3.17. The third-order valence-electron chi connectivity index (χ3n) is 5.93. The van der Waals surface area contributed by atoms with Crippen LogP contribution in [0.5, 0.6) is 0 Å². The number of carboxylic acids is 2. The molecule has 3 heterocycles. The minimum Gasteiger partial charge on any atom is -0.478 e. The van der Waals surface area contributed by atoms with Gasteiger partial charge < -0.3 is 20.5 Å². The van der Waals surface area contributed by atoms with Gasteiger partial charge in [-0.3, -0.25) is 9.35 Å². The first-order valence-electron chi connectivity index (χ1n) is 12.7. The number of azo groups is 1. The summed E-state index contributed by atoms with van der Waals surface area (Å²) in [4.78, 5) is 42.9. The van der Waals surface area contributed by atoms with E-state index in [4.69, 9.17) is 4.55 Å². The van der Waals surface area contributed by atoms with E-state index in [1.165, 1.54) is 4.63 Å². The number of thioether (sulfide) groups is 1. The Hall–Kier alpha value is -4.27. The van der Waals surface area contributed by atoms with Gasteiger partial charge in [0, 0.05) is 40.7 Å². The van der Waals surface area contributed by atoms with Crippen molar-refractivity contribution in [3.05, 3.63) is 46.4 Å². The van der Waals surface area contributed by atoms with Crippen LogP contribution in [0.3, 0.4) is 0 Å². The Labute approximate surface area is 258 Å². The topological polar surface area (TPSA) is 255 Å². The molecule has 0 bridgehead atoms.